The van der Waals surface area contributed by atoms with E-state index in [1.54, 1.807) is 18.3 Å². The first-order valence-electron chi connectivity index (χ1n) is 5.61. The van der Waals surface area contributed by atoms with Crippen molar-refractivity contribution >= 4 is 45.8 Å². The first-order valence-corrected chi connectivity index (χ1v) is 7.73. The Balaban J connectivity index is 2.21. The van der Waals surface area contributed by atoms with Gasteiger partial charge in [0.1, 0.15) is 5.01 Å². The number of nitrogens with zero attached hydrogens (tertiary/aromatic N) is 1. The van der Waals surface area contributed by atoms with E-state index < -0.39 is 5.54 Å². The summed E-state index contributed by atoms with van der Waals surface area (Å²) in [6, 6.07) is 5.37. The monoisotopic (exact) mass is 356 g/mol. The number of carbonyl (C=O) groups excluding carboxylic acids is 1. The smallest absolute Gasteiger partial charge is 0.253 e. The highest BCUT2D eigenvalue weighted by atomic mass is 79.9. The average Bonchev–Trinajstić information content (AvgIpc) is 2.81. The third-order valence-corrected chi connectivity index (χ3v) is 4.56. The lowest BCUT2D eigenvalue weighted by Crippen LogP contribution is -2.41. The Labute approximate surface area is 130 Å². The molecule has 0 unspecified atom stereocenters. The zero-order valence-electron chi connectivity index (χ0n) is 10.5. The van der Waals surface area contributed by atoms with Gasteiger partial charge in [0, 0.05) is 20.9 Å². The lowest BCUT2D eigenvalue weighted by Gasteiger charge is -2.24. The summed E-state index contributed by atoms with van der Waals surface area (Å²) in [7, 11) is 0. The van der Waals surface area contributed by atoms with Crippen LogP contribution in [0.4, 0.5) is 0 Å². The lowest BCUT2D eigenvalue weighted by atomic mass is 10.1. The van der Waals surface area contributed by atoms with Gasteiger partial charge >= 0.3 is 0 Å². The van der Waals surface area contributed by atoms with Crippen LogP contribution in [0.15, 0.2) is 39.1 Å². The molecular formula is C13H13BrN2OS2. The molecule has 0 fully saturated rings. The van der Waals surface area contributed by atoms with Crippen LogP contribution in [0.25, 0.3) is 0 Å². The normalized spacial score (nSPS) is 11.4. The number of nitrogens with one attached hydrogen (secondary N) is 1. The standard InChI is InChI=1S/C13H13BrN2OS2/c1-13(2,12-15-5-6-19-12)16-11(17)9-4-3-8(14)7-10(9)18/h3-7,18H,1-2H3,(H,16,17). The van der Waals surface area contributed by atoms with Crippen molar-refractivity contribution in [1.29, 1.82) is 0 Å². The highest BCUT2D eigenvalue weighted by molar-refractivity contribution is 9.10. The van der Waals surface area contributed by atoms with Crippen molar-refractivity contribution in [3.8, 4) is 0 Å². The molecule has 0 saturated carbocycles. The molecule has 1 N–H and O–H groups in total. The summed E-state index contributed by atoms with van der Waals surface area (Å²) in [5.41, 5.74) is 0.0506. The summed E-state index contributed by atoms with van der Waals surface area (Å²) >= 11 is 9.20. The quantitative estimate of drug-likeness (QED) is 0.819. The fourth-order valence-electron chi connectivity index (χ4n) is 1.63. The third kappa shape index (κ3) is 3.38. The molecule has 2 rings (SSSR count). The Kier molecular flexibility index (Phi) is 4.32. The molecule has 0 atom stereocenters. The molecule has 1 aromatic carbocycles. The summed E-state index contributed by atoms with van der Waals surface area (Å²) in [4.78, 5) is 17.2. The molecule has 0 saturated heterocycles. The number of rotatable bonds is 3. The fraction of sp³-hybridized carbons (Fsp3) is 0.231. The summed E-state index contributed by atoms with van der Waals surface area (Å²) < 4.78 is 0.897. The van der Waals surface area contributed by atoms with Crippen molar-refractivity contribution in [3.05, 3.63) is 44.8 Å². The van der Waals surface area contributed by atoms with Gasteiger partial charge in [-0.25, -0.2) is 4.98 Å². The number of carbonyl (C=O) groups is 1. The maximum Gasteiger partial charge on any atom is 0.253 e. The molecule has 0 aliphatic rings. The SMILES string of the molecule is CC(C)(NC(=O)c1ccc(Br)cc1S)c1nccs1. The Morgan fingerprint density at radius 3 is 2.79 bits per heavy atom. The zero-order chi connectivity index (χ0) is 14.0. The minimum absolute atomic E-state index is 0.155. The van der Waals surface area contributed by atoms with Crippen LogP contribution in [0.2, 0.25) is 0 Å². The number of halogens is 1. The molecule has 6 heteroatoms. The van der Waals surface area contributed by atoms with E-state index >= 15 is 0 Å². The fourth-order valence-corrected chi connectivity index (χ4v) is 3.20. The minimum Gasteiger partial charge on any atom is -0.341 e. The van der Waals surface area contributed by atoms with E-state index in [2.05, 4.69) is 38.9 Å². The number of amides is 1. The van der Waals surface area contributed by atoms with Crippen LogP contribution in [0, 0.1) is 0 Å². The van der Waals surface area contributed by atoms with Crippen LogP contribution < -0.4 is 5.32 Å². The summed E-state index contributed by atoms with van der Waals surface area (Å²) in [6.07, 6.45) is 1.73. The maximum atomic E-state index is 12.3. The van der Waals surface area contributed by atoms with E-state index in [0.29, 0.717) is 10.5 Å². The number of hydrogen-bond donors (Lipinski definition) is 2. The van der Waals surface area contributed by atoms with Crippen molar-refractivity contribution in [2.75, 3.05) is 0 Å². The number of aromatic nitrogens is 1. The molecule has 0 spiro atoms. The van der Waals surface area contributed by atoms with Crippen LogP contribution >= 0.6 is 39.9 Å². The van der Waals surface area contributed by atoms with E-state index in [1.165, 1.54) is 11.3 Å². The van der Waals surface area contributed by atoms with Gasteiger partial charge in [0.05, 0.1) is 11.1 Å². The van der Waals surface area contributed by atoms with E-state index in [1.807, 2.05) is 25.3 Å². The molecular weight excluding hydrogens is 344 g/mol. The van der Waals surface area contributed by atoms with Crippen molar-refractivity contribution in [2.24, 2.45) is 0 Å². The first kappa shape index (κ1) is 14.6. The van der Waals surface area contributed by atoms with E-state index in [0.717, 1.165) is 9.48 Å². The van der Waals surface area contributed by atoms with Crippen molar-refractivity contribution in [3.63, 3.8) is 0 Å². The van der Waals surface area contributed by atoms with E-state index in [4.69, 9.17) is 0 Å². The molecule has 19 heavy (non-hydrogen) atoms. The zero-order valence-corrected chi connectivity index (χ0v) is 13.8. The van der Waals surface area contributed by atoms with Gasteiger partial charge in [-0.15, -0.1) is 24.0 Å². The highest BCUT2D eigenvalue weighted by Crippen LogP contribution is 2.24. The molecule has 0 radical (unpaired) electrons. The van der Waals surface area contributed by atoms with Gasteiger partial charge in [0.15, 0.2) is 0 Å². The van der Waals surface area contributed by atoms with Gasteiger partial charge in [-0.2, -0.15) is 0 Å². The predicted octanol–water partition coefficient (Wildman–Crippen LogP) is 3.86. The molecule has 0 bridgehead atoms. The van der Waals surface area contributed by atoms with Crippen LogP contribution in [0.1, 0.15) is 29.2 Å². The topological polar surface area (TPSA) is 42.0 Å². The van der Waals surface area contributed by atoms with E-state index in [9.17, 15) is 4.79 Å². The molecule has 2 aromatic rings. The van der Waals surface area contributed by atoms with Gasteiger partial charge in [-0.1, -0.05) is 15.9 Å². The third-order valence-electron chi connectivity index (χ3n) is 2.60. The number of thiol groups is 1. The van der Waals surface area contributed by atoms with E-state index in [-0.39, 0.29) is 5.91 Å². The minimum atomic E-state index is -0.501. The Hall–Kier alpha value is -0.850. The second kappa shape index (κ2) is 5.64. The Bertz CT molecular complexity index is 597. The van der Waals surface area contributed by atoms with Gasteiger partial charge in [0.2, 0.25) is 0 Å². The van der Waals surface area contributed by atoms with Crippen LogP contribution in [0.5, 0.6) is 0 Å². The van der Waals surface area contributed by atoms with Gasteiger partial charge in [-0.05, 0) is 32.0 Å². The predicted molar refractivity (Wildman–Crippen MR) is 84.0 cm³/mol. The van der Waals surface area contributed by atoms with Crippen LogP contribution in [0.3, 0.4) is 0 Å². The molecule has 3 nitrogen and oxygen atoms in total. The van der Waals surface area contributed by atoms with Gasteiger partial charge in [0.25, 0.3) is 5.91 Å². The summed E-state index contributed by atoms with van der Waals surface area (Å²) in [5, 5.41) is 5.75. The Morgan fingerprint density at radius 2 is 2.21 bits per heavy atom. The molecule has 1 heterocycles. The average molecular weight is 357 g/mol. The molecule has 1 amide bonds. The highest BCUT2D eigenvalue weighted by Gasteiger charge is 2.26. The second-order valence-corrected chi connectivity index (χ2v) is 6.87. The lowest BCUT2D eigenvalue weighted by molar-refractivity contribution is 0.0909. The first-order chi connectivity index (χ1) is 8.90. The maximum absolute atomic E-state index is 12.3. The van der Waals surface area contributed by atoms with Gasteiger partial charge < -0.3 is 5.32 Å². The molecule has 1 aromatic heterocycles. The van der Waals surface area contributed by atoms with Gasteiger partial charge in [-0.3, -0.25) is 4.79 Å². The van der Waals surface area contributed by atoms with Crippen molar-refractivity contribution < 1.29 is 4.79 Å². The van der Waals surface area contributed by atoms with Crippen LogP contribution in [-0.2, 0) is 5.54 Å². The largest absolute Gasteiger partial charge is 0.341 e. The number of hydrogen-bond acceptors (Lipinski definition) is 4. The number of benzene rings is 1. The summed E-state index contributed by atoms with van der Waals surface area (Å²) in [5.74, 6) is -0.155. The molecule has 0 aliphatic carbocycles. The second-order valence-electron chi connectivity index (χ2n) is 4.58. The summed E-state index contributed by atoms with van der Waals surface area (Å²) in [6.45, 7) is 3.86. The van der Waals surface area contributed by atoms with Crippen molar-refractivity contribution in [1.82, 2.24) is 10.3 Å². The molecule has 0 aliphatic heterocycles. The van der Waals surface area contributed by atoms with Crippen molar-refractivity contribution in [2.45, 2.75) is 24.3 Å². The Morgan fingerprint density at radius 1 is 1.47 bits per heavy atom. The molecule has 100 valence electrons. The van der Waals surface area contributed by atoms with Crippen LogP contribution in [-0.4, -0.2) is 10.9 Å². The number of thiazole rings is 1.